The van der Waals surface area contributed by atoms with E-state index in [9.17, 15) is 5.11 Å². The van der Waals surface area contributed by atoms with Gasteiger partial charge in [-0.25, -0.2) is 4.98 Å². The van der Waals surface area contributed by atoms with Gasteiger partial charge >= 0.3 is 0 Å². The Balaban J connectivity index is 1.82. The molecule has 1 aliphatic carbocycles. The quantitative estimate of drug-likeness (QED) is 0.669. The van der Waals surface area contributed by atoms with Gasteiger partial charge in [0.1, 0.15) is 5.82 Å². The highest BCUT2D eigenvalue weighted by Gasteiger charge is 2.29. The highest BCUT2D eigenvalue weighted by Crippen LogP contribution is 2.32. The van der Waals surface area contributed by atoms with Gasteiger partial charge in [0.15, 0.2) is 0 Å². The molecule has 0 radical (unpaired) electrons. The van der Waals surface area contributed by atoms with Crippen LogP contribution in [0.15, 0.2) is 12.3 Å². The second-order valence-corrected chi connectivity index (χ2v) is 4.48. The molecule has 0 aliphatic heterocycles. The van der Waals surface area contributed by atoms with E-state index in [1.807, 2.05) is 6.07 Å². The van der Waals surface area contributed by atoms with E-state index >= 15 is 0 Å². The highest BCUT2D eigenvalue weighted by molar-refractivity contribution is 5.39. The van der Waals surface area contributed by atoms with Crippen molar-refractivity contribution in [3.8, 4) is 0 Å². The number of hydrogen-bond donors (Lipinski definition) is 3. The van der Waals surface area contributed by atoms with E-state index in [0.717, 1.165) is 31.6 Å². The molecule has 1 heterocycles. The summed E-state index contributed by atoms with van der Waals surface area (Å²) >= 11 is 0. The minimum atomic E-state index is -0.253. The first kappa shape index (κ1) is 12.1. The Morgan fingerprint density at radius 1 is 1.47 bits per heavy atom. The summed E-state index contributed by atoms with van der Waals surface area (Å²) in [6.45, 7) is 3.53. The topological polar surface area (TPSA) is 70.1 Å². The minimum absolute atomic E-state index is 0.253. The molecule has 0 saturated heterocycles. The van der Waals surface area contributed by atoms with E-state index in [1.165, 1.54) is 0 Å². The van der Waals surface area contributed by atoms with Crippen molar-refractivity contribution in [2.45, 2.75) is 32.3 Å². The molecule has 0 bridgehead atoms. The molecule has 1 saturated carbocycles. The molecule has 1 aromatic heterocycles. The second-order valence-electron chi connectivity index (χ2n) is 4.48. The smallest absolute Gasteiger partial charge is 0.224 e. The van der Waals surface area contributed by atoms with Crippen LogP contribution in [0.5, 0.6) is 0 Å². The number of aromatic nitrogens is 2. The zero-order valence-corrected chi connectivity index (χ0v) is 10.2. The summed E-state index contributed by atoms with van der Waals surface area (Å²) in [5.41, 5.74) is 0. The molecule has 1 unspecified atom stereocenters. The lowest BCUT2D eigenvalue weighted by Crippen LogP contribution is -2.22. The van der Waals surface area contributed by atoms with Gasteiger partial charge in [-0.1, -0.05) is 6.92 Å². The van der Waals surface area contributed by atoms with Crippen LogP contribution in [0.4, 0.5) is 11.8 Å². The molecule has 1 aromatic rings. The molecule has 3 N–H and O–H groups in total. The normalized spacial score (nSPS) is 16.6. The molecule has 2 rings (SSSR count). The van der Waals surface area contributed by atoms with Gasteiger partial charge in [-0.2, -0.15) is 4.98 Å². The van der Waals surface area contributed by atoms with Crippen LogP contribution in [-0.4, -0.2) is 34.3 Å². The van der Waals surface area contributed by atoms with Gasteiger partial charge in [-0.15, -0.1) is 0 Å². The summed E-state index contributed by atoms with van der Waals surface area (Å²) in [5, 5.41) is 16.0. The molecule has 0 spiro atoms. The Morgan fingerprint density at radius 3 is 3.00 bits per heavy atom. The van der Waals surface area contributed by atoms with Gasteiger partial charge in [0.05, 0.1) is 6.10 Å². The predicted octanol–water partition coefficient (Wildman–Crippen LogP) is 1.48. The zero-order valence-electron chi connectivity index (χ0n) is 10.2. The lowest BCUT2D eigenvalue weighted by Gasteiger charge is -2.11. The average Bonchev–Trinajstić information content (AvgIpc) is 3.18. The third kappa shape index (κ3) is 3.85. The Morgan fingerprint density at radius 2 is 2.29 bits per heavy atom. The van der Waals surface area contributed by atoms with Gasteiger partial charge < -0.3 is 15.7 Å². The van der Waals surface area contributed by atoms with Crippen molar-refractivity contribution in [2.75, 3.05) is 23.7 Å². The Labute approximate surface area is 102 Å². The van der Waals surface area contributed by atoms with Crippen molar-refractivity contribution < 1.29 is 5.11 Å². The molecular weight excluding hydrogens is 216 g/mol. The van der Waals surface area contributed by atoms with Gasteiger partial charge in [0.2, 0.25) is 5.95 Å². The lowest BCUT2D eigenvalue weighted by atomic mass is 10.2. The number of rotatable bonds is 7. The van der Waals surface area contributed by atoms with Crippen molar-refractivity contribution in [3.05, 3.63) is 12.3 Å². The fourth-order valence-electron chi connectivity index (χ4n) is 1.64. The maximum atomic E-state index is 9.74. The van der Waals surface area contributed by atoms with Gasteiger partial charge in [-0.3, -0.25) is 0 Å². The third-order valence-electron chi connectivity index (χ3n) is 2.85. The van der Waals surface area contributed by atoms with Crippen molar-refractivity contribution in [2.24, 2.45) is 5.92 Å². The molecule has 5 nitrogen and oxygen atoms in total. The largest absolute Gasteiger partial charge is 0.391 e. The predicted molar refractivity (Wildman–Crippen MR) is 68.0 cm³/mol. The van der Waals surface area contributed by atoms with E-state index in [2.05, 4.69) is 27.5 Å². The Kier molecular flexibility index (Phi) is 4.14. The first-order valence-corrected chi connectivity index (χ1v) is 6.28. The molecule has 5 heteroatoms. The molecule has 0 amide bonds. The second kappa shape index (κ2) is 5.82. The maximum absolute atomic E-state index is 9.74. The lowest BCUT2D eigenvalue weighted by molar-refractivity contribution is 0.164. The molecule has 17 heavy (non-hydrogen) atoms. The van der Waals surface area contributed by atoms with Gasteiger partial charge in [0.25, 0.3) is 0 Å². The number of nitrogens with zero attached hydrogens (tertiary/aromatic N) is 2. The van der Waals surface area contributed by atoms with Crippen molar-refractivity contribution in [1.29, 1.82) is 0 Å². The fourth-order valence-corrected chi connectivity index (χ4v) is 1.64. The van der Waals surface area contributed by atoms with Crippen LogP contribution in [0.1, 0.15) is 26.2 Å². The number of aliphatic hydroxyl groups is 1. The summed E-state index contributed by atoms with van der Waals surface area (Å²) in [6, 6.07) is 1.82. The van der Waals surface area contributed by atoms with E-state index in [-0.39, 0.29) is 6.10 Å². The molecule has 0 aromatic carbocycles. The third-order valence-corrected chi connectivity index (χ3v) is 2.85. The van der Waals surface area contributed by atoms with Crippen LogP contribution >= 0.6 is 0 Å². The summed E-state index contributed by atoms with van der Waals surface area (Å²) < 4.78 is 0. The molecule has 94 valence electrons. The SMILES string of the molecule is CCCNc1nccc(NCC(O)C2CC2)n1. The van der Waals surface area contributed by atoms with E-state index in [4.69, 9.17) is 0 Å². The zero-order chi connectivity index (χ0) is 12.1. The summed E-state index contributed by atoms with van der Waals surface area (Å²) in [7, 11) is 0. The van der Waals surface area contributed by atoms with Gasteiger partial charge in [0, 0.05) is 19.3 Å². The summed E-state index contributed by atoms with van der Waals surface area (Å²) in [6.07, 6.45) is 4.81. The standard InChI is InChI=1S/C12H20N4O/c1-2-6-13-12-14-7-5-11(16-12)15-8-10(17)9-3-4-9/h5,7,9-10,17H,2-4,6,8H2,1H3,(H2,13,14,15,16). The van der Waals surface area contributed by atoms with Crippen LogP contribution in [0, 0.1) is 5.92 Å². The van der Waals surface area contributed by atoms with Crippen LogP contribution < -0.4 is 10.6 Å². The molecule has 1 aliphatic rings. The summed E-state index contributed by atoms with van der Waals surface area (Å²) in [4.78, 5) is 8.44. The van der Waals surface area contributed by atoms with Crippen molar-refractivity contribution in [1.82, 2.24) is 9.97 Å². The van der Waals surface area contributed by atoms with Crippen LogP contribution in [-0.2, 0) is 0 Å². The molecular formula is C12H20N4O. The Hall–Kier alpha value is -1.36. The monoisotopic (exact) mass is 236 g/mol. The molecule has 1 atom stereocenters. The highest BCUT2D eigenvalue weighted by atomic mass is 16.3. The molecule has 1 fully saturated rings. The number of anilines is 2. The number of nitrogens with one attached hydrogen (secondary N) is 2. The fraction of sp³-hybridized carbons (Fsp3) is 0.667. The number of aliphatic hydroxyl groups excluding tert-OH is 1. The van der Waals surface area contributed by atoms with E-state index in [0.29, 0.717) is 18.4 Å². The average molecular weight is 236 g/mol. The maximum Gasteiger partial charge on any atom is 0.224 e. The van der Waals surface area contributed by atoms with Crippen LogP contribution in [0.25, 0.3) is 0 Å². The van der Waals surface area contributed by atoms with E-state index < -0.39 is 0 Å². The van der Waals surface area contributed by atoms with Gasteiger partial charge in [-0.05, 0) is 31.2 Å². The van der Waals surface area contributed by atoms with Crippen LogP contribution in [0.3, 0.4) is 0 Å². The first-order valence-electron chi connectivity index (χ1n) is 6.28. The first-order chi connectivity index (χ1) is 8.29. The van der Waals surface area contributed by atoms with Crippen molar-refractivity contribution >= 4 is 11.8 Å². The number of hydrogen-bond acceptors (Lipinski definition) is 5. The minimum Gasteiger partial charge on any atom is -0.391 e. The van der Waals surface area contributed by atoms with Crippen molar-refractivity contribution in [3.63, 3.8) is 0 Å². The Bertz CT molecular complexity index is 354. The summed E-state index contributed by atoms with van der Waals surface area (Å²) in [5.74, 6) is 1.89. The van der Waals surface area contributed by atoms with Crippen LogP contribution in [0.2, 0.25) is 0 Å². The van der Waals surface area contributed by atoms with E-state index in [1.54, 1.807) is 6.20 Å².